The Hall–Kier alpha value is -1.81. The molecule has 0 bridgehead atoms. The average Bonchev–Trinajstić information content (AvgIpc) is 3.35. The summed E-state index contributed by atoms with van der Waals surface area (Å²) in [6.07, 6.45) is 9.24. The Morgan fingerprint density at radius 1 is 1.20 bits per heavy atom. The van der Waals surface area contributed by atoms with Crippen LogP contribution in [0.4, 0.5) is 0 Å². The molecule has 1 aromatic heterocycles. The van der Waals surface area contributed by atoms with Gasteiger partial charge in [0.05, 0.1) is 12.5 Å². The summed E-state index contributed by atoms with van der Waals surface area (Å²) in [6, 6.07) is 8.51. The Bertz CT molecular complexity index is 772. The highest BCUT2D eigenvalue weighted by atomic mass is 16.5. The topological polar surface area (TPSA) is 54.1 Å². The molecule has 0 spiro atoms. The number of nitrogens with one attached hydrogen (secondary N) is 2. The number of benzene rings is 1. The molecule has 0 unspecified atom stereocenters. The van der Waals surface area contributed by atoms with Crippen molar-refractivity contribution in [3.05, 3.63) is 36.0 Å². The number of amides is 1. The van der Waals surface area contributed by atoms with Crippen LogP contribution in [0, 0.1) is 17.8 Å². The molecule has 25 heavy (non-hydrogen) atoms. The van der Waals surface area contributed by atoms with Gasteiger partial charge in [-0.3, -0.25) is 4.79 Å². The Labute approximate surface area is 148 Å². The molecule has 0 radical (unpaired) electrons. The molecule has 1 saturated heterocycles. The van der Waals surface area contributed by atoms with E-state index in [4.69, 9.17) is 4.74 Å². The molecule has 3 fully saturated rings. The molecule has 4 heteroatoms. The lowest BCUT2D eigenvalue weighted by atomic mass is 9.61. The molecule has 2 saturated carbocycles. The van der Waals surface area contributed by atoms with Crippen LogP contribution in [0.1, 0.15) is 37.7 Å². The monoisotopic (exact) mass is 338 g/mol. The lowest BCUT2D eigenvalue weighted by Gasteiger charge is -2.50. The minimum atomic E-state index is 0.156. The zero-order valence-corrected chi connectivity index (χ0v) is 14.5. The summed E-state index contributed by atoms with van der Waals surface area (Å²) in [5, 5.41) is 4.54. The molecule has 4 atom stereocenters. The van der Waals surface area contributed by atoms with Crippen LogP contribution in [-0.4, -0.2) is 29.6 Å². The number of H-pyrrole nitrogens is 1. The van der Waals surface area contributed by atoms with Gasteiger partial charge in [-0.25, -0.2) is 0 Å². The van der Waals surface area contributed by atoms with Crippen molar-refractivity contribution in [2.45, 2.75) is 50.7 Å². The van der Waals surface area contributed by atoms with Crippen molar-refractivity contribution in [2.24, 2.45) is 17.8 Å². The number of ether oxygens (including phenoxy) is 1. The van der Waals surface area contributed by atoms with Crippen molar-refractivity contribution >= 4 is 16.8 Å². The molecule has 2 heterocycles. The van der Waals surface area contributed by atoms with Gasteiger partial charge < -0.3 is 15.0 Å². The molecule has 1 aromatic carbocycles. The van der Waals surface area contributed by atoms with E-state index < -0.39 is 0 Å². The third kappa shape index (κ3) is 2.58. The minimum absolute atomic E-state index is 0.156. The third-order valence-corrected chi connectivity index (χ3v) is 6.74. The first-order valence-electron chi connectivity index (χ1n) is 9.77. The van der Waals surface area contributed by atoms with E-state index in [1.807, 2.05) is 18.3 Å². The molecule has 4 nitrogen and oxygen atoms in total. The van der Waals surface area contributed by atoms with Gasteiger partial charge in [0.15, 0.2) is 0 Å². The number of para-hydroxylation sites is 1. The lowest BCUT2D eigenvalue weighted by molar-refractivity contribution is -0.129. The second-order valence-electron chi connectivity index (χ2n) is 8.04. The van der Waals surface area contributed by atoms with Crippen LogP contribution in [0.5, 0.6) is 0 Å². The van der Waals surface area contributed by atoms with Crippen molar-refractivity contribution in [3.8, 4) is 0 Å². The number of aromatic amines is 1. The summed E-state index contributed by atoms with van der Waals surface area (Å²) in [7, 11) is 0. The molecule has 5 rings (SSSR count). The van der Waals surface area contributed by atoms with Crippen LogP contribution in [-0.2, 0) is 16.0 Å². The van der Waals surface area contributed by atoms with E-state index in [0.29, 0.717) is 30.4 Å². The van der Waals surface area contributed by atoms with Gasteiger partial charge in [0.25, 0.3) is 0 Å². The second kappa shape index (κ2) is 6.17. The van der Waals surface area contributed by atoms with Crippen molar-refractivity contribution in [1.82, 2.24) is 10.3 Å². The Balaban J connectivity index is 1.29. The Morgan fingerprint density at radius 3 is 2.92 bits per heavy atom. The largest absolute Gasteiger partial charge is 0.377 e. The van der Waals surface area contributed by atoms with Gasteiger partial charge >= 0.3 is 0 Å². The van der Waals surface area contributed by atoms with E-state index >= 15 is 0 Å². The normalized spacial score (nSPS) is 31.8. The summed E-state index contributed by atoms with van der Waals surface area (Å²) >= 11 is 0. The number of rotatable bonds is 4. The maximum atomic E-state index is 12.7. The molecule has 3 aliphatic rings. The quantitative estimate of drug-likeness (QED) is 0.897. The van der Waals surface area contributed by atoms with Gasteiger partial charge in [-0.05, 0) is 24.0 Å². The Kier molecular flexibility index (Phi) is 3.81. The molecular formula is C21H26N2O2. The highest BCUT2D eigenvalue weighted by Gasteiger charge is 2.56. The zero-order chi connectivity index (χ0) is 16.8. The number of fused-ring (bicyclic) bond motifs is 2. The van der Waals surface area contributed by atoms with Crippen molar-refractivity contribution < 1.29 is 9.53 Å². The van der Waals surface area contributed by atoms with E-state index in [9.17, 15) is 4.79 Å². The smallest absolute Gasteiger partial charge is 0.224 e. The summed E-state index contributed by atoms with van der Waals surface area (Å²) in [5.41, 5.74) is 2.19. The van der Waals surface area contributed by atoms with Gasteiger partial charge in [0.2, 0.25) is 5.91 Å². The fourth-order valence-electron chi connectivity index (χ4n) is 5.55. The van der Waals surface area contributed by atoms with E-state index in [-0.39, 0.29) is 5.91 Å². The molecule has 2 aromatic rings. The summed E-state index contributed by atoms with van der Waals surface area (Å²) < 4.78 is 6.00. The molecule has 1 amide bonds. The number of aromatic nitrogens is 1. The van der Waals surface area contributed by atoms with Gasteiger partial charge in [-0.15, -0.1) is 0 Å². The van der Waals surface area contributed by atoms with Crippen LogP contribution in [0.3, 0.4) is 0 Å². The SMILES string of the molecule is O=C(Cc1c[nH]c2ccccc12)N[C@H]1[C@H]2CCO[C@H]2[C@H]1C1CCCC1. The predicted octanol–water partition coefficient (Wildman–Crippen LogP) is 3.42. The first-order chi connectivity index (χ1) is 12.3. The zero-order valence-electron chi connectivity index (χ0n) is 14.5. The fourth-order valence-corrected chi connectivity index (χ4v) is 5.55. The van der Waals surface area contributed by atoms with Gasteiger partial charge in [0, 0.05) is 41.6 Å². The van der Waals surface area contributed by atoms with E-state index in [2.05, 4.69) is 22.4 Å². The van der Waals surface area contributed by atoms with Crippen LogP contribution >= 0.6 is 0 Å². The number of hydrogen-bond donors (Lipinski definition) is 2. The van der Waals surface area contributed by atoms with Gasteiger partial charge in [-0.1, -0.05) is 43.9 Å². The van der Waals surface area contributed by atoms with Crippen LogP contribution in [0.25, 0.3) is 10.9 Å². The van der Waals surface area contributed by atoms with Gasteiger partial charge in [0.1, 0.15) is 0 Å². The highest BCUT2D eigenvalue weighted by Crippen LogP contribution is 2.51. The second-order valence-corrected chi connectivity index (χ2v) is 8.04. The number of hydrogen-bond acceptors (Lipinski definition) is 2. The number of carbonyl (C=O) groups is 1. The Morgan fingerprint density at radius 2 is 2.04 bits per heavy atom. The van der Waals surface area contributed by atoms with Crippen molar-refractivity contribution in [1.29, 1.82) is 0 Å². The third-order valence-electron chi connectivity index (χ3n) is 6.74. The summed E-state index contributed by atoms with van der Waals surface area (Å²) in [5.74, 6) is 1.99. The van der Waals surface area contributed by atoms with Crippen molar-refractivity contribution in [3.63, 3.8) is 0 Å². The lowest BCUT2D eigenvalue weighted by Crippen LogP contribution is -2.63. The highest BCUT2D eigenvalue weighted by molar-refractivity contribution is 5.89. The van der Waals surface area contributed by atoms with Crippen LogP contribution in [0.15, 0.2) is 30.5 Å². The van der Waals surface area contributed by atoms with Crippen LogP contribution in [0.2, 0.25) is 0 Å². The molecule has 2 aliphatic carbocycles. The molecule has 132 valence electrons. The first kappa shape index (κ1) is 15.4. The molecule has 2 N–H and O–H groups in total. The van der Waals surface area contributed by atoms with E-state index in [1.54, 1.807) is 0 Å². The minimum Gasteiger partial charge on any atom is -0.377 e. The standard InChI is InChI=1S/C21H26N2O2/c24-18(11-14-12-22-17-8-4-3-7-15(14)17)23-20-16-9-10-25-21(16)19(20)13-5-1-2-6-13/h3-4,7-8,12-13,16,19-22H,1-2,5-6,9-11H2,(H,23,24)/t16-,19+,20+,21-/m1/s1. The van der Waals surface area contributed by atoms with E-state index in [0.717, 1.165) is 35.4 Å². The summed E-state index contributed by atoms with van der Waals surface area (Å²) in [6.45, 7) is 0.868. The summed E-state index contributed by atoms with van der Waals surface area (Å²) in [4.78, 5) is 16.0. The first-order valence-corrected chi connectivity index (χ1v) is 9.77. The predicted molar refractivity (Wildman–Crippen MR) is 97.2 cm³/mol. The van der Waals surface area contributed by atoms with Crippen molar-refractivity contribution in [2.75, 3.05) is 6.61 Å². The maximum Gasteiger partial charge on any atom is 0.224 e. The van der Waals surface area contributed by atoms with Crippen LogP contribution < -0.4 is 5.32 Å². The fraction of sp³-hybridized carbons (Fsp3) is 0.571. The van der Waals surface area contributed by atoms with E-state index in [1.165, 1.54) is 25.7 Å². The van der Waals surface area contributed by atoms with Gasteiger partial charge in [-0.2, -0.15) is 0 Å². The molecule has 1 aliphatic heterocycles. The molecular weight excluding hydrogens is 312 g/mol. The maximum absolute atomic E-state index is 12.7. The number of carbonyl (C=O) groups excluding carboxylic acids is 1. The average molecular weight is 338 g/mol.